The largest absolute Gasteiger partial charge is 0.497 e. The fourth-order valence-electron chi connectivity index (χ4n) is 1.48. The molecule has 0 unspecified atom stereocenters. The van der Waals surface area contributed by atoms with Gasteiger partial charge in [-0.15, -0.1) is 0 Å². The number of rotatable bonds is 5. The van der Waals surface area contributed by atoms with Crippen LogP contribution in [0.2, 0.25) is 0 Å². The first-order chi connectivity index (χ1) is 9.70. The summed E-state index contributed by atoms with van der Waals surface area (Å²) >= 11 is 0. The average molecular weight is 271 g/mol. The van der Waals surface area contributed by atoms with Gasteiger partial charge >= 0.3 is 5.97 Å². The Morgan fingerprint density at radius 1 is 1.25 bits per heavy atom. The van der Waals surface area contributed by atoms with Gasteiger partial charge in [0.05, 0.1) is 24.6 Å². The molecule has 102 valence electrons. The first-order valence-corrected chi connectivity index (χ1v) is 5.85. The molecule has 1 aromatic heterocycles. The zero-order valence-corrected chi connectivity index (χ0v) is 10.9. The van der Waals surface area contributed by atoms with Gasteiger partial charge in [-0.1, -0.05) is 0 Å². The van der Waals surface area contributed by atoms with E-state index in [2.05, 4.69) is 9.97 Å². The van der Waals surface area contributed by atoms with Gasteiger partial charge in [-0.2, -0.15) is 0 Å². The molecule has 0 aliphatic heterocycles. The van der Waals surface area contributed by atoms with Crippen LogP contribution in [0, 0.1) is 5.41 Å². The van der Waals surface area contributed by atoms with Crippen LogP contribution in [-0.2, 0) is 4.74 Å². The first-order valence-electron chi connectivity index (χ1n) is 5.85. The molecule has 6 heteroatoms. The average Bonchev–Trinajstić information content (AvgIpc) is 2.53. The van der Waals surface area contributed by atoms with Gasteiger partial charge in [-0.05, 0) is 24.3 Å². The highest BCUT2D eigenvalue weighted by Crippen LogP contribution is 2.12. The second-order valence-electron chi connectivity index (χ2n) is 3.87. The van der Waals surface area contributed by atoms with Crippen LogP contribution in [0.25, 0.3) is 0 Å². The van der Waals surface area contributed by atoms with E-state index in [9.17, 15) is 4.79 Å². The van der Waals surface area contributed by atoms with Crippen molar-refractivity contribution in [1.82, 2.24) is 9.97 Å². The second kappa shape index (κ2) is 6.42. The van der Waals surface area contributed by atoms with Crippen molar-refractivity contribution in [3.05, 3.63) is 54.1 Å². The van der Waals surface area contributed by atoms with Crippen LogP contribution in [0.1, 0.15) is 16.1 Å². The molecule has 2 aromatic rings. The van der Waals surface area contributed by atoms with Crippen LogP contribution in [0.4, 0.5) is 0 Å². The van der Waals surface area contributed by atoms with Gasteiger partial charge in [0, 0.05) is 12.4 Å². The lowest BCUT2D eigenvalue weighted by Gasteiger charge is -2.06. The van der Waals surface area contributed by atoms with Crippen LogP contribution >= 0.6 is 0 Å². The number of ether oxygens (including phenoxy) is 2. The summed E-state index contributed by atoms with van der Waals surface area (Å²) in [6.45, 7) is -0.149. The minimum Gasteiger partial charge on any atom is -0.497 e. The fraction of sp³-hybridized carbons (Fsp3) is 0.143. The van der Waals surface area contributed by atoms with Crippen molar-refractivity contribution in [3.63, 3.8) is 0 Å². The number of aromatic nitrogens is 2. The van der Waals surface area contributed by atoms with E-state index in [1.54, 1.807) is 31.4 Å². The van der Waals surface area contributed by atoms with Crippen molar-refractivity contribution in [1.29, 1.82) is 5.41 Å². The molecule has 20 heavy (non-hydrogen) atoms. The molecule has 2 rings (SSSR count). The summed E-state index contributed by atoms with van der Waals surface area (Å²) in [6, 6.07) is 6.55. The molecule has 0 amide bonds. The van der Waals surface area contributed by atoms with Gasteiger partial charge in [0.15, 0.2) is 0 Å². The van der Waals surface area contributed by atoms with Crippen molar-refractivity contribution in [2.75, 3.05) is 13.7 Å². The Labute approximate surface area is 115 Å². The molecule has 0 spiro atoms. The number of methoxy groups -OCH3 is 1. The summed E-state index contributed by atoms with van der Waals surface area (Å²) in [5.74, 6) is 0.162. The quantitative estimate of drug-likeness (QED) is 0.661. The SMILES string of the molecule is COc1ccc(C(=O)OCC(=N)c2cnccn2)cc1. The smallest absolute Gasteiger partial charge is 0.338 e. The number of carbonyl (C=O) groups is 1. The maximum absolute atomic E-state index is 11.8. The maximum atomic E-state index is 11.8. The molecule has 6 nitrogen and oxygen atoms in total. The fourth-order valence-corrected chi connectivity index (χ4v) is 1.48. The standard InChI is InChI=1S/C14H13N3O3/c1-19-11-4-2-10(3-5-11)14(18)20-9-12(15)13-8-16-6-7-17-13/h2-8,15H,9H2,1H3. The Hall–Kier alpha value is -2.76. The van der Waals surface area contributed by atoms with Crippen molar-refractivity contribution in [2.24, 2.45) is 0 Å². The van der Waals surface area contributed by atoms with Crippen LogP contribution < -0.4 is 4.74 Å². The normalized spacial score (nSPS) is 9.85. The van der Waals surface area contributed by atoms with Crippen LogP contribution in [-0.4, -0.2) is 35.4 Å². The minimum atomic E-state index is -0.499. The zero-order chi connectivity index (χ0) is 14.4. The summed E-state index contributed by atoms with van der Waals surface area (Å²) in [5, 5.41) is 7.75. The Bertz CT molecular complexity index is 597. The molecule has 1 heterocycles. The molecular weight excluding hydrogens is 258 g/mol. The minimum absolute atomic E-state index is 0.0972. The maximum Gasteiger partial charge on any atom is 0.338 e. The van der Waals surface area contributed by atoms with Gasteiger partial charge < -0.3 is 9.47 Å². The summed E-state index contributed by atoms with van der Waals surface area (Å²) in [6.07, 6.45) is 4.44. The monoisotopic (exact) mass is 271 g/mol. The lowest BCUT2D eigenvalue weighted by Crippen LogP contribution is -2.15. The lowest BCUT2D eigenvalue weighted by molar-refractivity contribution is 0.0563. The first kappa shape index (κ1) is 13.7. The van der Waals surface area contributed by atoms with Crippen molar-refractivity contribution in [2.45, 2.75) is 0 Å². The Morgan fingerprint density at radius 3 is 2.60 bits per heavy atom. The van der Waals surface area contributed by atoms with Gasteiger partial charge in [0.25, 0.3) is 0 Å². The van der Waals surface area contributed by atoms with Gasteiger partial charge in [0.1, 0.15) is 18.1 Å². The third-order valence-electron chi connectivity index (χ3n) is 2.55. The zero-order valence-electron chi connectivity index (χ0n) is 10.9. The molecule has 0 bridgehead atoms. The Kier molecular flexibility index (Phi) is 4.39. The van der Waals surface area contributed by atoms with Crippen LogP contribution in [0.5, 0.6) is 5.75 Å². The number of carbonyl (C=O) groups excluding carboxylic acids is 1. The Balaban J connectivity index is 1.93. The molecule has 0 atom stereocenters. The summed E-state index contributed by atoms with van der Waals surface area (Å²) in [5.41, 5.74) is 0.882. The van der Waals surface area contributed by atoms with E-state index in [4.69, 9.17) is 14.9 Å². The predicted molar refractivity (Wildman–Crippen MR) is 72.1 cm³/mol. The summed E-state index contributed by atoms with van der Waals surface area (Å²) in [7, 11) is 1.55. The number of hydrogen-bond acceptors (Lipinski definition) is 6. The van der Waals surface area contributed by atoms with Gasteiger partial charge in [0.2, 0.25) is 0 Å². The molecule has 0 aliphatic rings. The molecule has 0 fully saturated rings. The Morgan fingerprint density at radius 2 is 2.00 bits per heavy atom. The van der Waals surface area contributed by atoms with E-state index in [1.807, 2.05) is 0 Å². The molecule has 0 saturated carbocycles. The van der Waals surface area contributed by atoms with Crippen LogP contribution in [0.15, 0.2) is 42.9 Å². The summed E-state index contributed by atoms with van der Waals surface area (Å²) < 4.78 is 10.0. The van der Waals surface area contributed by atoms with E-state index < -0.39 is 5.97 Å². The molecule has 0 radical (unpaired) electrons. The number of nitrogens with one attached hydrogen (secondary N) is 1. The second-order valence-corrected chi connectivity index (χ2v) is 3.87. The van der Waals surface area contributed by atoms with E-state index in [-0.39, 0.29) is 12.3 Å². The van der Waals surface area contributed by atoms with Crippen molar-refractivity contribution >= 4 is 11.7 Å². The third kappa shape index (κ3) is 3.38. The molecule has 1 aromatic carbocycles. The predicted octanol–water partition coefficient (Wildman–Crippen LogP) is 1.71. The van der Waals surface area contributed by atoms with E-state index in [0.29, 0.717) is 17.0 Å². The highest BCUT2D eigenvalue weighted by molar-refractivity contribution is 5.99. The van der Waals surface area contributed by atoms with Crippen LogP contribution in [0.3, 0.4) is 0 Å². The number of esters is 1. The van der Waals surface area contributed by atoms with E-state index in [1.165, 1.54) is 18.6 Å². The molecule has 0 saturated heterocycles. The molecule has 1 N–H and O–H groups in total. The number of nitrogens with zero attached hydrogens (tertiary/aromatic N) is 2. The number of benzene rings is 1. The van der Waals surface area contributed by atoms with Crippen molar-refractivity contribution in [3.8, 4) is 5.75 Å². The third-order valence-corrected chi connectivity index (χ3v) is 2.55. The van der Waals surface area contributed by atoms with Gasteiger partial charge in [-0.25, -0.2) is 4.79 Å². The highest BCUT2D eigenvalue weighted by Gasteiger charge is 2.10. The van der Waals surface area contributed by atoms with E-state index in [0.717, 1.165) is 0 Å². The van der Waals surface area contributed by atoms with E-state index >= 15 is 0 Å². The molecule has 0 aliphatic carbocycles. The lowest BCUT2D eigenvalue weighted by atomic mass is 10.2. The van der Waals surface area contributed by atoms with Gasteiger partial charge in [-0.3, -0.25) is 15.4 Å². The topological polar surface area (TPSA) is 85.2 Å². The van der Waals surface area contributed by atoms with Crippen molar-refractivity contribution < 1.29 is 14.3 Å². The molecular formula is C14H13N3O3. The summed E-state index contributed by atoms with van der Waals surface area (Å²) in [4.78, 5) is 19.6. The highest BCUT2D eigenvalue weighted by atomic mass is 16.5. The number of hydrogen-bond donors (Lipinski definition) is 1.